The number of rotatable bonds is 8. The zero-order valence-corrected chi connectivity index (χ0v) is 12.2. The highest BCUT2D eigenvalue weighted by molar-refractivity contribution is 5.78. The van der Waals surface area contributed by atoms with Crippen LogP contribution in [0.15, 0.2) is 0 Å². The summed E-state index contributed by atoms with van der Waals surface area (Å²) in [6.45, 7) is 2.79. The second kappa shape index (κ2) is 8.51. The Balaban J connectivity index is 2.30. The van der Waals surface area contributed by atoms with Gasteiger partial charge >= 0.3 is 0 Å². The molecule has 1 rings (SSSR count). The molecule has 1 saturated carbocycles. The summed E-state index contributed by atoms with van der Waals surface area (Å²) in [4.78, 5) is 11.9. The number of hydrogen-bond donors (Lipinski definition) is 3. The molecule has 1 fully saturated rings. The Hall–Kier alpha value is -0.650. The van der Waals surface area contributed by atoms with Crippen LogP contribution in [0, 0.1) is 0 Å². The lowest BCUT2D eigenvalue weighted by Crippen LogP contribution is -2.51. The third kappa shape index (κ3) is 6.36. The molecule has 19 heavy (non-hydrogen) atoms. The molecule has 0 bridgehead atoms. The Labute approximate surface area is 116 Å². The highest BCUT2D eigenvalue weighted by Gasteiger charge is 2.24. The summed E-state index contributed by atoms with van der Waals surface area (Å²) in [5, 5.41) is 15.3. The molecule has 0 radical (unpaired) electrons. The normalized spacial score (nSPS) is 19.9. The number of amides is 1. The van der Waals surface area contributed by atoms with Crippen molar-refractivity contribution in [3.63, 3.8) is 0 Å². The van der Waals surface area contributed by atoms with Crippen LogP contribution in [0.5, 0.6) is 0 Å². The van der Waals surface area contributed by atoms with Crippen LogP contribution in [0.3, 0.4) is 0 Å². The molecule has 0 aromatic rings. The smallest absolute Gasteiger partial charge is 0.234 e. The van der Waals surface area contributed by atoms with Crippen LogP contribution >= 0.6 is 0 Å². The molecule has 112 valence electrons. The molecule has 0 saturated heterocycles. The first-order chi connectivity index (χ1) is 9.09. The van der Waals surface area contributed by atoms with Gasteiger partial charge in [-0.15, -0.1) is 0 Å². The van der Waals surface area contributed by atoms with Gasteiger partial charge in [-0.3, -0.25) is 4.79 Å². The summed E-state index contributed by atoms with van der Waals surface area (Å²) in [7, 11) is 1.62. The highest BCUT2D eigenvalue weighted by Crippen LogP contribution is 2.17. The summed E-state index contributed by atoms with van der Waals surface area (Å²) >= 11 is 0. The quantitative estimate of drug-likeness (QED) is 0.611. The van der Waals surface area contributed by atoms with Crippen molar-refractivity contribution in [2.24, 2.45) is 0 Å². The molecular weight excluding hydrogens is 244 g/mol. The number of aliphatic hydroxyl groups is 1. The molecule has 0 aromatic carbocycles. The lowest BCUT2D eigenvalue weighted by molar-refractivity contribution is -0.121. The standard InChI is InChI=1S/C14H28N2O3/c1-14(8-9-17,11-19-2)15-10-13(18)16-12-6-4-3-5-7-12/h12,15,17H,3-11H2,1-2H3,(H,16,18). The lowest BCUT2D eigenvalue weighted by atomic mass is 9.95. The van der Waals surface area contributed by atoms with Crippen LogP contribution in [0.1, 0.15) is 45.4 Å². The fourth-order valence-corrected chi connectivity index (χ4v) is 2.60. The van der Waals surface area contributed by atoms with Gasteiger partial charge < -0.3 is 20.5 Å². The highest BCUT2D eigenvalue weighted by atomic mass is 16.5. The summed E-state index contributed by atoms with van der Waals surface area (Å²) < 4.78 is 5.14. The van der Waals surface area contributed by atoms with Crippen LogP contribution in [0.2, 0.25) is 0 Å². The number of ether oxygens (including phenoxy) is 1. The molecule has 1 aliphatic rings. The van der Waals surface area contributed by atoms with E-state index in [2.05, 4.69) is 10.6 Å². The summed E-state index contributed by atoms with van der Waals surface area (Å²) in [5.74, 6) is 0.0344. The second-order valence-corrected chi connectivity index (χ2v) is 5.72. The molecule has 0 aromatic heterocycles. The van der Waals surface area contributed by atoms with Gasteiger partial charge in [-0.05, 0) is 26.2 Å². The van der Waals surface area contributed by atoms with E-state index in [4.69, 9.17) is 9.84 Å². The maximum absolute atomic E-state index is 11.9. The fraction of sp³-hybridized carbons (Fsp3) is 0.929. The molecule has 0 heterocycles. The van der Waals surface area contributed by atoms with Gasteiger partial charge in [0.25, 0.3) is 0 Å². The van der Waals surface area contributed by atoms with Crippen molar-refractivity contribution < 1.29 is 14.6 Å². The van der Waals surface area contributed by atoms with Gasteiger partial charge in [0.05, 0.1) is 13.2 Å². The number of nitrogens with one attached hydrogen (secondary N) is 2. The molecule has 1 aliphatic carbocycles. The van der Waals surface area contributed by atoms with Gasteiger partial charge in [0, 0.05) is 25.3 Å². The zero-order valence-electron chi connectivity index (χ0n) is 12.2. The third-order valence-corrected chi connectivity index (χ3v) is 3.77. The molecule has 1 atom stereocenters. The van der Waals surface area contributed by atoms with Crippen molar-refractivity contribution in [3.05, 3.63) is 0 Å². The lowest BCUT2D eigenvalue weighted by Gasteiger charge is -2.30. The van der Waals surface area contributed by atoms with Crippen molar-refractivity contribution in [2.45, 2.75) is 57.0 Å². The van der Waals surface area contributed by atoms with Crippen LogP contribution < -0.4 is 10.6 Å². The van der Waals surface area contributed by atoms with Gasteiger partial charge in [0.1, 0.15) is 0 Å². The number of methoxy groups -OCH3 is 1. The van der Waals surface area contributed by atoms with Crippen LogP contribution in [-0.2, 0) is 9.53 Å². The van der Waals surface area contributed by atoms with E-state index in [0.29, 0.717) is 19.1 Å². The molecule has 1 unspecified atom stereocenters. The van der Waals surface area contributed by atoms with Crippen molar-refractivity contribution in [1.29, 1.82) is 0 Å². The summed E-state index contributed by atoms with van der Waals surface area (Å²) in [6, 6.07) is 0.342. The van der Waals surface area contributed by atoms with E-state index in [1.807, 2.05) is 6.92 Å². The van der Waals surface area contributed by atoms with E-state index in [0.717, 1.165) is 12.8 Å². The van der Waals surface area contributed by atoms with Gasteiger partial charge in [-0.25, -0.2) is 0 Å². The van der Waals surface area contributed by atoms with E-state index < -0.39 is 0 Å². The Bertz CT molecular complexity index is 259. The average molecular weight is 272 g/mol. The van der Waals surface area contributed by atoms with Crippen molar-refractivity contribution in [1.82, 2.24) is 10.6 Å². The minimum Gasteiger partial charge on any atom is -0.396 e. The minimum absolute atomic E-state index is 0.0344. The van der Waals surface area contributed by atoms with Gasteiger partial charge in [-0.1, -0.05) is 19.3 Å². The molecule has 5 heteroatoms. The van der Waals surface area contributed by atoms with Crippen LogP contribution in [0.4, 0.5) is 0 Å². The SMILES string of the molecule is COCC(C)(CCO)NCC(=O)NC1CCCCC1. The van der Waals surface area contributed by atoms with Crippen molar-refractivity contribution in [2.75, 3.05) is 26.9 Å². The summed E-state index contributed by atoms with van der Waals surface area (Å²) in [6.07, 6.45) is 6.47. The maximum atomic E-state index is 11.9. The van der Waals surface area contributed by atoms with Gasteiger partial charge in [0.2, 0.25) is 5.91 Å². The van der Waals surface area contributed by atoms with E-state index in [9.17, 15) is 4.79 Å². The van der Waals surface area contributed by atoms with E-state index in [1.54, 1.807) is 7.11 Å². The molecule has 0 spiro atoms. The first-order valence-corrected chi connectivity index (χ1v) is 7.24. The summed E-state index contributed by atoms with van der Waals surface area (Å²) in [5.41, 5.74) is -0.354. The average Bonchev–Trinajstić information content (AvgIpc) is 2.38. The number of hydrogen-bond acceptors (Lipinski definition) is 4. The molecule has 3 N–H and O–H groups in total. The van der Waals surface area contributed by atoms with E-state index in [1.165, 1.54) is 19.3 Å². The van der Waals surface area contributed by atoms with Crippen LogP contribution in [0.25, 0.3) is 0 Å². The van der Waals surface area contributed by atoms with Gasteiger partial charge in [-0.2, -0.15) is 0 Å². The largest absolute Gasteiger partial charge is 0.396 e. The van der Waals surface area contributed by atoms with E-state index in [-0.39, 0.29) is 24.6 Å². The predicted molar refractivity (Wildman–Crippen MR) is 75.0 cm³/mol. The maximum Gasteiger partial charge on any atom is 0.234 e. The Morgan fingerprint density at radius 3 is 2.63 bits per heavy atom. The molecular formula is C14H28N2O3. The predicted octanol–water partition coefficient (Wildman–Crippen LogP) is 0.812. The number of carbonyl (C=O) groups is 1. The van der Waals surface area contributed by atoms with E-state index >= 15 is 0 Å². The molecule has 1 amide bonds. The Morgan fingerprint density at radius 1 is 1.37 bits per heavy atom. The molecule has 5 nitrogen and oxygen atoms in total. The fourth-order valence-electron chi connectivity index (χ4n) is 2.60. The number of aliphatic hydroxyl groups excluding tert-OH is 1. The first kappa shape index (κ1) is 16.4. The third-order valence-electron chi connectivity index (χ3n) is 3.77. The topological polar surface area (TPSA) is 70.6 Å². The Kier molecular flexibility index (Phi) is 7.34. The second-order valence-electron chi connectivity index (χ2n) is 5.72. The Morgan fingerprint density at radius 2 is 2.05 bits per heavy atom. The van der Waals surface area contributed by atoms with Crippen molar-refractivity contribution >= 4 is 5.91 Å². The number of carbonyl (C=O) groups excluding carboxylic acids is 1. The van der Waals surface area contributed by atoms with Crippen molar-refractivity contribution in [3.8, 4) is 0 Å². The minimum atomic E-state index is -0.354. The van der Waals surface area contributed by atoms with Crippen LogP contribution in [-0.4, -0.2) is 49.5 Å². The molecule has 0 aliphatic heterocycles. The van der Waals surface area contributed by atoms with Gasteiger partial charge in [0.15, 0.2) is 0 Å². The zero-order chi connectivity index (χ0) is 14.1. The first-order valence-electron chi connectivity index (χ1n) is 7.24. The monoisotopic (exact) mass is 272 g/mol.